The van der Waals surface area contributed by atoms with Gasteiger partial charge in [0.2, 0.25) is 0 Å². The number of fused-ring (bicyclic) bond motifs is 5. The molecule has 3 aliphatic rings. The number of aryl methyl sites for hydroxylation is 1. The number of rotatable bonds is 3. The molecule has 3 aromatic rings. The number of piperidine rings is 2. The van der Waals surface area contributed by atoms with E-state index in [-0.39, 0.29) is 24.1 Å². The molecule has 2 atom stereocenters. The van der Waals surface area contributed by atoms with Gasteiger partial charge in [-0.2, -0.15) is 0 Å². The third-order valence-electron chi connectivity index (χ3n) is 8.01. The molecule has 0 saturated carbocycles. The molecular weight excluding hydrogens is 424 g/mol. The molecule has 2 bridgehead atoms. The van der Waals surface area contributed by atoms with Crippen molar-refractivity contribution < 1.29 is 14.6 Å². The van der Waals surface area contributed by atoms with Crippen molar-refractivity contribution in [3.05, 3.63) is 89.2 Å². The van der Waals surface area contributed by atoms with Gasteiger partial charge in [-0.25, -0.2) is 4.79 Å². The van der Waals surface area contributed by atoms with E-state index < -0.39 is 5.60 Å². The monoisotopic (exact) mass is 454 g/mol. The van der Waals surface area contributed by atoms with E-state index in [0.717, 1.165) is 30.5 Å². The van der Waals surface area contributed by atoms with Crippen LogP contribution in [0.2, 0.25) is 0 Å². The van der Waals surface area contributed by atoms with Crippen LogP contribution in [0.5, 0.6) is 0 Å². The molecule has 2 fully saturated rings. The van der Waals surface area contributed by atoms with Crippen molar-refractivity contribution in [1.29, 1.82) is 0 Å². The van der Waals surface area contributed by atoms with Crippen LogP contribution in [-0.4, -0.2) is 39.8 Å². The molecule has 5 nitrogen and oxygen atoms in total. The van der Waals surface area contributed by atoms with Gasteiger partial charge in [0, 0.05) is 37.0 Å². The maximum atomic E-state index is 13.4. The summed E-state index contributed by atoms with van der Waals surface area (Å²) < 4.78 is 6.00. The largest absolute Gasteiger partial charge is 0.448 e. The van der Waals surface area contributed by atoms with Gasteiger partial charge in [0.05, 0.1) is 5.69 Å². The summed E-state index contributed by atoms with van der Waals surface area (Å²) in [7, 11) is 0. The van der Waals surface area contributed by atoms with Crippen molar-refractivity contribution in [3.8, 4) is 11.1 Å². The summed E-state index contributed by atoms with van der Waals surface area (Å²) in [4.78, 5) is 19.9. The Morgan fingerprint density at radius 2 is 1.62 bits per heavy atom. The van der Waals surface area contributed by atoms with Gasteiger partial charge in [0.1, 0.15) is 12.2 Å². The molecular formula is C29H30N2O3. The van der Waals surface area contributed by atoms with E-state index in [2.05, 4.69) is 53.5 Å². The molecule has 1 aromatic heterocycles. The first-order valence-corrected chi connectivity index (χ1v) is 12.3. The molecule has 1 aliphatic carbocycles. The Bertz CT molecular complexity index is 1180. The molecule has 34 heavy (non-hydrogen) atoms. The Morgan fingerprint density at radius 1 is 1.00 bits per heavy atom. The number of hydrogen-bond acceptors (Lipinski definition) is 4. The maximum Gasteiger partial charge on any atom is 0.410 e. The van der Waals surface area contributed by atoms with Crippen molar-refractivity contribution in [2.24, 2.45) is 0 Å². The summed E-state index contributed by atoms with van der Waals surface area (Å²) in [5, 5.41) is 11.6. The van der Waals surface area contributed by atoms with Crippen molar-refractivity contribution in [1.82, 2.24) is 9.88 Å². The second-order valence-electron chi connectivity index (χ2n) is 10.1. The van der Waals surface area contributed by atoms with Gasteiger partial charge in [0.15, 0.2) is 0 Å². The minimum absolute atomic E-state index is 0.0328. The van der Waals surface area contributed by atoms with Crippen molar-refractivity contribution in [2.75, 3.05) is 6.61 Å². The van der Waals surface area contributed by atoms with Crippen molar-refractivity contribution in [2.45, 2.75) is 62.6 Å². The Labute approximate surface area is 200 Å². The van der Waals surface area contributed by atoms with Crippen LogP contribution >= 0.6 is 0 Å². The van der Waals surface area contributed by atoms with Gasteiger partial charge in [-0.05, 0) is 60.1 Å². The lowest BCUT2D eigenvalue weighted by Crippen LogP contribution is -2.59. The summed E-state index contributed by atoms with van der Waals surface area (Å²) >= 11 is 0. The highest BCUT2D eigenvalue weighted by molar-refractivity contribution is 5.79. The number of carbonyl (C=O) groups is 1. The number of pyridine rings is 1. The zero-order chi connectivity index (χ0) is 23.3. The highest BCUT2D eigenvalue weighted by atomic mass is 16.6. The zero-order valence-corrected chi connectivity index (χ0v) is 19.5. The van der Waals surface area contributed by atoms with Gasteiger partial charge in [0.25, 0.3) is 0 Å². The third kappa shape index (κ3) is 3.41. The van der Waals surface area contributed by atoms with Crippen LogP contribution in [0.25, 0.3) is 11.1 Å². The molecule has 174 valence electrons. The Balaban J connectivity index is 1.21. The predicted molar refractivity (Wildman–Crippen MR) is 130 cm³/mol. The molecule has 2 aromatic carbocycles. The Kier molecular flexibility index (Phi) is 5.18. The van der Waals surface area contributed by atoms with Crippen LogP contribution in [0.4, 0.5) is 4.79 Å². The molecule has 2 saturated heterocycles. The summed E-state index contributed by atoms with van der Waals surface area (Å²) in [5.41, 5.74) is 5.64. The maximum absolute atomic E-state index is 13.4. The third-order valence-corrected chi connectivity index (χ3v) is 8.01. The lowest BCUT2D eigenvalue weighted by molar-refractivity contribution is -0.0916. The van der Waals surface area contributed by atoms with E-state index in [1.54, 1.807) is 6.20 Å². The number of aromatic nitrogens is 1. The average molecular weight is 455 g/mol. The highest BCUT2D eigenvalue weighted by Crippen LogP contribution is 2.46. The topological polar surface area (TPSA) is 62.7 Å². The molecule has 2 aliphatic heterocycles. The summed E-state index contributed by atoms with van der Waals surface area (Å²) in [6.07, 6.45) is 5.34. The van der Waals surface area contributed by atoms with Crippen molar-refractivity contribution in [3.63, 3.8) is 0 Å². The van der Waals surface area contributed by atoms with E-state index in [4.69, 9.17) is 4.74 Å². The first kappa shape index (κ1) is 21.4. The van der Waals surface area contributed by atoms with Gasteiger partial charge in [-0.15, -0.1) is 0 Å². The molecule has 3 heterocycles. The van der Waals surface area contributed by atoms with Crippen molar-refractivity contribution >= 4 is 6.09 Å². The number of benzene rings is 2. The van der Waals surface area contributed by atoms with Crippen LogP contribution in [0.15, 0.2) is 66.9 Å². The van der Waals surface area contributed by atoms with Gasteiger partial charge < -0.3 is 14.7 Å². The minimum atomic E-state index is -0.999. The normalized spacial score (nSPS) is 25.5. The fourth-order valence-electron chi connectivity index (χ4n) is 6.56. The molecule has 2 unspecified atom stereocenters. The average Bonchev–Trinajstić information content (AvgIpc) is 3.16. The van der Waals surface area contributed by atoms with Crippen LogP contribution < -0.4 is 0 Å². The van der Waals surface area contributed by atoms with Gasteiger partial charge in [-0.1, -0.05) is 54.6 Å². The molecule has 1 amide bonds. The van der Waals surface area contributed by atoms with E-state index >= 15 is 0 Å². The first-order chi connectivity index (χ1) is 16.5. The quantitative estimate of drug-likeness (QED) is 0.564. The van der Waals surface area contributed by atoms with E-state index in [0.29, 0.717) is 19.4 Å². The Morgan fingerprint density at radius 3 is 2.24 bits per heavy atom. The zero-order valence-electron chi connectivity index (χ0n) is 19.5. The minimum Gasteiger partial charge on any atom is -0.448 e. The lowest BCUT2D eigenvalue weighted by atomic mass is 9.73. The number of aliphatic hydroxyl groups is 1. The molecule has 1 N–H and O–H groups in total. The summed E-state index contributed by atoms with van der Waals surface area (Å²) in [6.45, 7) is 2.32. The molecule has 5 heteroatoms. The number of carbonyl (C=O) groups excluding carboxylic acids is 1. The molecule has 6 rings (SSSR count). The fraction of sp³-hybridized carbons (Fsp3) is 0.379. The highest BCUT2D eigenvalue weighted by Gasteiger charge is 2.50. The lowest BCUT2D eigenvalue weighted by Gasteiger charge is -2.51. The van der Waals surface area contributed by atoms with Crippen LogP contribution in [0.3, 0.4) is 0 Å². The summed E-state index contributed by atoms with van der Waals surface area (Å²) in [5.74, 6) is 0.0501. The molecule has 0 spiro atoms. The van der Waals surface area contributed by atoms with Gasteiger partial charge >= 0.3 is 6.09 Å². The second-order valence-corrected chi connectivity index (χ2v) is 10.1. The van der Waals surface area contributed by atoms with Crippen LogP contribution in [0.1, 0.15) is 60.4 Å². The SMILES string of the molecule is Cc1cccnc1C1(O)CC2CCCC(C1)N2C(=O)OCC1c2ccccc2-c2ccccc21. The fourth-order valence-corrected chi connectivity index (χ4v) is 6.56. The number of hydrogen-bond donors (Lipinski definition) is 1. The van der Waals surface area contributed by atoms with Crippen LogP contribution in [0, 0.1) is 6.92 Å². The predicted octanol–water partition coefficient (Wildman–Crippen LogP) is 5.54. The van der Waals surface area contributed by atoms with Crippen LogP contribution in [-0.2, 0) is 10.3 Å². The van der Waals surface area contributed by atoms with E-state index in [9.17, 15) is 9.90 Å². The second kappa shape index (κ2) is 8.24. The smallest absolute Gasteiger partial charge is 0.410 e. The van der Waals surface area contributed by atoms with E-state index in [1.807, 2.05) is 24.0 Å². The standard InChI is InChI=1S/C29H30N2O3/c1-19-8-7-15-30-27(19)29(33)16-20-9-6-10-21(17-29)31(20)28(32)34-18-26-24-13-4-2-11-22(24)23-12-3-5-14-25(23)26/h2-5,7-8,11-15,20-21,26,33H,6,9-10,16-18H2,1H3. The van der Waals surface area contributed by atoms with Gasteiger partial charge in [-0.3, -0.25) is 4.98 Å². The Hall–Kier alpha value is -3.18. The molecule has 0 radical (unpaired) electrons. The number of ether oxygens (including phenoxy) is 1. The van der Waals surface area contributed by atoms with E-state index in [1.165, 1.54) is 22.3 Å². The number of amides is 1. The number of nitrogens with zero attached hydrogens (tertiary/aromatic N) is 2. The summed E-state index contributed by atoms with van der Waals surface area (Å²) in [6, 6.07) is 20.6. The first-order valence-electron chi connectivity index (χ1n) is 12.3.